The Labute approximate surface area is 520 Å². The van der Waals surface area contributed by atoms with Crippen molar-refractivity contribution in [1.82, 2.24) is 0 Å². The fourth-order valence-electron chi connectivity index (χ4n) is 8.37. The molecule has 0 radical (unpaired) electrons. The number of hydrogen-bond acceptors (Lipinski definition) is 8. The number of likely N-dealkylation sites (N-methyl/N-ethyl adjacent to an activating group) is 1. The maximum atomic E-state index is 12.9. The number of aliphatic carboxylic acids is 1. The summed E-state index contributed by atoms with van der Waals surface area (Å²) in [4.78, 5) is 37.4. The summed E-state index contributed by atoms with van der Waals surface area (Å²) in [7, 11) is 5.90. The van der Waals surface area contributed by atoms with Crippen LogP contribution in [0.3, 0.4) is 0 Å². The van der Waals surface area contributed by atoms with Crippen molar-refractivity contribution in [3.8, 4) is 0 Å². The third-order valence-corrected chi connectivity index (χ3v) is 13.4. The van der Waals surface area contributed by atoms with E-state index in [2.05, 4.69) is 184 Å². The zero-order valence-electron chi connectivity index (χ0n) is 54.4. The van der Waals surface area contributed by atoms with E-state index in [4.69, 9.17) is 18.9 Å². The number of quaternary nitrogens is 1. The molecule has 85 heavy (non-hydrogen) atoms. The van der Waals surface area contributed by atoms with Crippen LogP contribution in [0.4, 0.5) is 0 Å². The predicted molar refractivity (Wildman–Crippen MR) is 361 cm³/mol. The Bertz CT molecular complexity index is 2000. The van der Waals surface area contributed by atoms with E-state index < -0.39 is 24.3 Å². The molecular weight excluding hydrogens is 1050 g/mol. The first-order valence-electron chi connectivity index (χ1n) is 33.3. The molecule has 0 heterocycles. The summed E-state index contributed by atoms with van der Waals surface area (Å²) in [5.74, 6) is -2.34. The summed E-state index contributed by atoms with van der Waals surface area (Å²) in [5.41, 5.74) is 0. The highest BCUT2D eigenvalue weighted by molar-refractivity contribution is 5.70. The molecule has 9 heteroatoms. The predicted octanol–water partition coefficient (Wildman–Crippen LogP) is 19.3. The lowest BCUT2D eigenvalue weighted by molar-refractivity contribution is -0.870. The molecule has 478 valence electrons. The molecule has 0 aromatic heterocycles. The number of allylic oxidation sites excluding steroid dienone is 28. The van der Waals surface area contributed by atoms with Crippen LogP contribution in [0.15, 0.2) is 170 Å². The Morgan fingerprint density at radius 1 is 0.365 bits per heavy atom. The molecule has 0 aliphatic heterocycles. The first-order chi connectivity index (χ1) is 41.6. The third kappa shape index (κ3) is 66.0. The highest BCUT2D eigenvalue weighted by Gasteiger charge is 2.22. The van der Waals surface area contributed by atoms with Crippen molar-refractivity contribution in [3.63, 3.8) is 0 Å². The lowest BCUT2D eigenvalue weighted by atomic mass is 10.1. The Morgan fingerprint density at radius 2 is 0.671 bits per heavy atom. The monoisotopic (exact) mass is 1180 g/mol. The molecule has 0 spiro atoms. The second-order valence-corrected chi connectivity index (χ2v) is 22.7. The van der Waals surface area contributed by atoms with Crippen LogP contribution in [0.25, 0.3) is 0 Å². The molecule has 0 N–H and O–H groups in total. The van der Waals surface area contributed by atoms with Crippen LogP contribution in [0, 0.1) is 0 Å². The summed E-state index contributed by atoms with van der Waals surface area (Å²) >= 11 is 0. The van der Waals surface area contributed by atoms with Crippen LogP contribution >= 0.6 is 0 Å². The van der Waals surface area contributed by atoms with E-state index in [0.29, 0.717) is 17.4 Å². The van der Waals surface area contributed by atoms with E-state index in [1.807, 2.05) is 21.1 Å². The van der Waals surface area contributed by atoms with Gasteiger partial charge in [0.2, 0.25) is 0 Å². The minimum Gasteiger partial charge on any atom is -0.545 e. The Balaban J connectivity index is 4.26. The van der Waals surface area contributed by atoms with Gasteiger partial charge in [-0.15, -0.1) is 0 Å². The van der Waals surface area contributed by atoms with Crippen molar-refractivity contribution in [2.75, 3.05) is 47.5 Å². The number of esters is 2. The summed E-state index contributed by atoms with van der Waals surface area (Å²) in [6, 6.07) is 0. The Morgan fingerprint density at radius 3 is 1.00 bits per heavy atom. The van der Waals surface area contributed by atoms with Crippen molar-refractivity contribution in [1.29, 1.82) is 0 Å². The van der Waals surface area contributed by atoms with Crippen LogP contribution < -0.4 is 5.11 Å². The van der Waals surface area contributed by atoms with Crippen molar-refractivity contribution in [3.05, 3.63) is 170 Å². The Hall–Kier alpha value is -5.35. The van der Waals surface area contributed by atoms with Gasteiger partial charge in [0.15, 0.2) is 12.4 Å². The molecule has 2 unspecified atom stereocenters. The largest absolute Gasteiger partial charge is 0.545 e. The molecule has 0 saturated carbocycles. The summed E-state index contributed by atoms with van der Waals surface area (Å²) in [6.07, 6.45) is 94.2. The summed E-state index contributed by atoms with van der Waals surface area (Å²) < 4.78 is 22.7. The number of hydrogen-bond donors (Lipinski definition) is 0. The number of carbonyl (C=O) groups is 3. The van der Waals surface area contributed by atoms with Gasteiger partial charge < -0.3 is 33.3 Å². The first kappa shape index (κ1) is 79.7. The van der Waals surface area contributed by atoms with Crippen molar-refractivity contribution in [2.45, 2.75) is 245 Å². The highest BCUT2D eigenvalue weighted by Crippen LogP contribution is 2.14. The zero-order valence-corrected chi connectivity index (χ0v) is 54.4. The van der Waals surface area contributed by atoms with Crippen LogP contribution in [0.5, 0.6) is 0 Å². The second kappa shape index (κ2) is 64.6. The van der Waals surface area contributed by atoms with Gasteiger partial charge in [0.1, 0.15) is 13.2 Å². The summed E-state index contributed by atoms with van der Waals surface area (Å²) in [5, 5.41) is 11.8. The van der Waals surface area contributed by atoms with E-state index in [1.165, 1.54) is 57.8 Å². The average Bonchev–Trinajstić information content (AvgIpc) is 3.49. The molecule has 0 bridgehead atoms. The fourth-order valence-corrected chi connectivity index (χ4v) is 8.37. The van der Waals surface area contributed by atoms with Crippen molar-refractivity contribution >= 4 is 17.9 Å². The van der Waals surface area contributed by atoms with Crippen molar-refractivity contribution < 1.29 is 42.9 Å². The van der Waals surface area contributed by atoms with Gasteiger partial charge in [-0.1, -0.05) is 255 Å². The molecule has 2 atom stereocenters. The van der Waals surface area contributed by atoms with Gasteiger partial charge in [-0.25, -0.2) is 0 Å². The van der Waals surface area contributed by atoms with Crippen LogP contribution in [0.1, 0.15) is 232 Å². The number of nitrogens with zero attached hydrogens (tertiary/aromatic N) is 1. The topological polar surface area (TPSA) is 111 Å². The molecule has 0 aliphatic rings. The van der Waals surface area contributed by atoms with E-state index in [9.17, 15) is 19.5 Å². The van der Waals surface area contributed by atoms with Gasteiger partial charge >= 0.3 is 11.9 Å². The molecule has 0 fully saturated rings. The van der Waals surface area contributed by atoms with Gasteiger partial charge in [-0.3, -0.25) is 9.59 Å². The summed E-state index contributed by atoms with van der Waals surface area (Å²) in [6.45, 7) is 4.55. The number of unbranched alkanes of at least 4 members (excludes halogenated alkanes) is 16. The van der Waals surface area contributed by atoms with Crippen LogP contribution in [0.2, 0.25) is 0 Å². The zero-order chi connectivity index (χ0) is 61.9. The van der Waals surface area contributed by atoms with E-state index >= 15 is 0 Å². The molecule has 0 aromatic carbocycles. The molecular formula is C76H121NO8. The molecule has 0 rings (SSSR count). The molecule has 9 nitrogen and oxygen atoms in total. The van der Waals surface area contributed by atoms with Gasteiger partial charge in [0.05, 0.1) is 40.3 Å². The number of rotatable bonds is 59. The third-order valence-electron chi connectivity index (χ3n) is 13.4. The minimum absolute atomic E-state index is 0.133. The van der Waals surface area contributed by atoms with Gasteiger partial charge in [0, 0.05) is 12.8 Å². The number of carboxylic acids is 1. The molecule has 0 aromatic rings. The normalized spacial score (nSPS) is 13.8. The van der Waals surface area contributed by atoms with E-state index in [1.54, 1.807) is 0 Å². The number of carbonyl (C=O) groups excluding carboxylic acids is 3. The first-order valence-corrected chi connectivity index (χ1v) is 33.3. The molecule has 0 saturated heterocycles. The van der Waals surface area contributed by atoms with Gasteiger partial charge in [0.25, 0.3) is 0 Å². The maximum absolute atomic E-state index is 12.9. The lowest BCUT2D eigenvalue weighted by Gasteiger charge is -2.26. The smallest absolute Gasteiger partial charge is 0.306 e. The SMILES string of the molecule is CC/C=C\C/C=C\C/C=C\C/C=C\C/C=C\C/C=C\C/C=C\C/C=C\C/C=C\C/C=C\C/C=C\C/C=C\CCCCCCC(=O)OC(COC(=O)CCCCCCCCCCC/C=C\C/C=C\CCCCC)COC(OCC[N+](C)(C)C)C(=O)[O-]. The number of ether oxygens (including phenoxy) is 4. The number of carboxylic acid groups (broad SMARTS) is 1. The van der Waals surface area contributed by atoms with Gasteiger partial charge in [-0.2, -0.15) is 0 Å². The van der Waals surface area contributed by atoms with Gasteiger partial charge in [-0.05, 0) is 135 Å². The lowest BCUT2D eigenvalue weighted by Crippen LogP contribution is -2.44. The fraction of sp³-hybridized carbons (Fsp3) is 0.592. The van der Waals surface area contributed by atoms with E-state index in [0.717, 1.165) is 141 Å². The second-order valence-electron chi connectivity index (χ2n) is 22.7. The maximum Gasteiger partial charge on any atom is 0.306 e. The van der Waals surface area contributed by atoms with Crippen molar-refractivity contribution in [2.24, 2.45) is 0 Å². The van der Waals surface area contributed by atoms with E-state index in [-0.39, 0.29) is 38.6 Å². The van der Waals surface area contributed by atoms with Crippen LogP contribution in [-0.2, 0) is 33.3 Å². The van der Waals surface area contributed by atoms with Crippen LogP contribution in [-0.4, -0.2) is 82.3 Å². The quantitative estimate of drug-likeness (QED) is 0.0195. The standard InChI is InChI=1S/C76H121NO8/c1-6-8-10-12-14-16-18-20-22-24-26-27-28-29-30-31-32-33-34-35-36-37-38-39-40-41-42-43-44-45-46-47-49-51-53-55-57-59-61-63-65-67-74(79)85-72(71-84-76(75(80)81)82-69-68-77(3,4)5)70-83-73(78)66-64-62-60-58-56-54-52-50-48-25-23-21-19-17-15-13-11-9-7-2/h8,10,14-17,20-23,26-27,29-30,32-33,35-36,38-39,41-42,44-45,47,49,53,55,72,76H,6-7,9,11-13,18-19,24-25,28,31,34,37,40,43,46,48,50-52,54,56-71H2,1-5H3/b10-8-,16-14-,17-15-,22-20-,23-21-,27-26-,30-29-,33-32-,36-35-,39-38-,42-41-,45-44-,49-47-,55-53-. The molecule has 0 amide bonds. The highest BCUT2D eigenvalue weighted by atomic mass is 16.7. The average molecular weight is 1180 g/mol. The minimum atomic E-state index is -1.64. The molecule has 0 aliphatic carbocycles. The Kier molecular flexibility index (Phi) is 60.6.